The smallest absolute Gasteiger partial charge is 0.0794 e. The molecule has 0 bridgehead atoms. The average molecular weight is 284 g/mol. The van der Waals surface area contributed by atoms with Crippen molar-refractivity contribution in [3.63, 3.8) is 0 Å². The maximum atomic E-state index is 4.15. The Bertz CT molecular complexity index is 673. The van der Waals surface area contributed by atoms with Gasteiger partial charge in [0.25, 0.3) is 0 Å². The van der Waals surface area contributed by atoms with Crippen LogP contribution in [0.15, 0.2) is 42.2 Å². The highest BCUT2D eigenvalue weighted by atomic mass is 32.1. The van der Waals surface area contributed by atoms with Crippen molar-refractivity contribution in [2.24, 2.45) is 0 Å². The summed E-state index contributed by atoms with van der Waals surface area (Å²) in [5.41, 5.74) is 4.80. The maximum absolute atomic E-state index is 4.15. The largest absolute Gasteiger partial charge is 0.308 e. The van der Waals surface area contributed by atoms with Gasteiger partial charge in [0.1, 0.15) is 0 Å². The molecule has 5 heteroatoms. The van der Waals surface area contributed by atoms with E-state index in [1.54, 1.807) is 11.3 Å². The summed E-state index contributed by atoms with van der Waals surface area (Å²) < 4.78 is 0. The molecule has 0 saturated carbocycles. The second kappa shape index (κ2) is 5.98. The normalized spacial score (nSPS) is 10.8. The lowest BCUT2D eigenvalue weighted by molar-refractivity contribution is 0.691. The monoisotopic (exact) mass is 284 g/mol. The third-order valence-corrected chi connectivity index (χ3v) is 4.14. The lowest BCUT2D eigenvalue weighted by Gasteiger charge is -2.07. The van der Waals surface area contributed by atoms with Crippen LogP contribution in [0.1, 0.15) is 16.7 Å². The molecule has 20 heavy (non-hydrogen) atoms. The molecule has 0 spiro atoms. The zero-order valence-corrected chi connectivity index (χ0v) is 12.1. The minimum Gasteiger partial charge on any atom is -0.308 e. The van der Waals surface area contributed by atoms with Crippen molar-refractivity contribution < 1.29 is 0 Å². The molecular weight excluding hydrogens is 268 g/mol. The van der Waals surface area contributed by atoms with E-state index in [0.29, 0.717) is 0 Å². The van der Waals surface area contributed by atoms with Crippen LogP contribution in [-0.4, -0.2) is 15.2 Å². The van der Waals surface area contributed by atoms with Gasteiger partial charge in [0.15, 0.2) is 0 Å². The Morgan fingerprint density at radius 2 is 2.10 bits per heavy atom. The summed E-state index contributed by atoms with van der Waals surface area (Å²) in [5, 5.41) is 12.8. The van der Waals surface area contributed by atoms with Gasteiger partial charge in [-0.15, -0.1) is 11.3 Å². The summed E-state index contributed by atoms with van der Waals surface area (Å²) >= 11 is 1.72. The van der Waals surface area contributed by atoms with E-state index in [-0.39, 0.29) is 0 Å². The number of aromatic nitrogens is 3. The van der Waals surface area contributed by atoms with Crippen LogP contribution in [0, 0.1) is 6.92 Å². The molecule has 3 rings (SSSR count). The fourth-order valence-corrected chi connectivity index (χ4v) is 2.87. The van der Waals surface area contributed by atoms with E-state index in [2.05, 4.69) is 51.0 Å². The molecule has 3 heterocycles. The number of hydrogen-bond donors (Lipinski definition) is 2. The Hall–Kier alpha value is -1.98. The van der Waals surface area contributed by atoms with Crippen molar-refractivity contribution in [3.05, 3.63) is 58.9 Å². The Morgan fingerprint density at radius 1 is 1.20 bits per heavy atom. The van der Waals surface area contributed by atoms with Crippen molar-refractivity contribution in [1.29, 1.82) is 0 Å². The fourth-order valence-electron chi connectivity index (χ4n) is 2.11. The Labute approximate surface area is 121 Å². The average Bonchev–Trinajstić information content (AvgIpc) is 3.11. The molecule has 0 fully saturated rings. The third kappa shape index (κ3) is 2.79. The minimum atomic E-state index is 0.797. The van der Waals surface area contributed by atoms with E-state index in [0.717, 1.165) is 18.8 Å². The number of hydrogen-bond acceptors (Lipinski definition) is 4. The molecule has 0 aliphatic heterocycles. The van der Waals surface area contributed by atoms with Crippen LogP contribution in [0.2, 0.25) is 0 Å². The highest BCUT2D eigenvalue weighted by Gasteiger charge is 2.08. The summed E-state index contributed by atoms with van der Waals surface area (Å²) in [6.45, 7) is 3.72. The van der Waals surface area contributed by atoms with E-state index >= 15 is 0 Å². The van der Waals surface area contributed by atoms with Crippen LogP contribution in [0.3, 0.4) is 0 Å². The second-order valence-corrected chi connectivity index (χ2v) is 5.60. The number of nitrogens with one attached hydrogen (secondary N) is 2. The second-order valence-electron chi connectivity index (χ2n) is 4.65. The van der Waals surface area contributed by atoms with Crippen LogP contribution in [-0.2, 0) is 13.1 Å². The molecule has 0 unspecified atom stereocenters. The first-order valence-corrected chi connectivity index (χ1v) is 7.39. The first-order chi connectivity index (χ1) is 9.84. The summed E-state index contributed by atoms with van der Waals surface area (Å²) in [4.78, 5) is 5.33. The maximum Gasteiger partial charge on any atom is 0.0794 e. The zero-order valence-electron chi connectivity index (χ0n) is 11.3. The Balaban J connectivity index is 1.65. The van der Waals surface area contributed by atoms with Gasteiger partial charge in [-0.2, -0.15) is 5.10 Å². The van der Waals surface area contributed by atoms with Crippen molar-refractivity contribution in [2.45, 2.75) is 20.0 Å². The molecule has 0 amide bonds. The molecule has 102 valence electrons. The fraction of sp³-hybridized carbons (Fsp3) is 0.200. The molecule has 0 aromatic carbocycles. The molecule has 2 N–H and O–H groups in total. The quantitative estimate of drug-likeness (QED) is 0.757. The third-order valence-electron chi connectivity index (χ3n) is 3.25. The van der Waals surface area contributed by atoms with Crippen molar-refractivity contribution in [1.82, 2.24) is 20.5 Å². The standard InChI is InChI=1S/C15H16N4S/c1-11-7-16-5-4-12(11)8-17-9-13-10-18-19-15(13)14-3-2-6-20-14/h2-7,10,17H,8-9H2,1H3,(H,18,19). The van der Waals surface area contributed by atoms with Gasteiger partial charge >= 0.3 is 0 Å². The highest BCUT2D eigenvalue weighted by Crippen LogP contribution is 2.25. The van der Waals surface area contributed by atoms with Crippen molar-refractivity contribution in [3.8, 4) is 10.6 Å². The number of aryl methyl sites for hydroxylation is 1. The molecule has 0 radical (unpaired) electrons. The number of thiophene rings is 1. The number of nitrogens with zero attached hydrogens (tertiary/aromatic N) is 2. The highest BCUT2D eigenvalue weighted by molar-refractivity contribution is 7.13. The molecule has 0 saturated heterocycles. The van der Waals surface area contributed by atoms with Gasteiger partial charge in [0, 0.05) is 31.0 Å². The summed E-state index contributed by atoms with van der Waals surface area (Å²) in [5.74, 6) is 0. The van der Waals surface area contributed by atoms with E-state index in [4.69, 9.17) is 0 Å². The molecular formula is C15H16N4S. The van der Waals surface area contributed by atoms with Gasteiger partial charge in [0.2, 0.25) is 0 Å². The SMILES string of the molecule is Cc1cnccc1CNCc1cn[nH]c1-c1cccs1. The lowest BCUT2D eigenvalue weighted by Crippen LogP contribution is -2.13. The van der Waals surface area contributed by atoms with Crippen LogP contribution in [0.5, 0.6) is 0 Å². The molecule has 0 aliphatic carbocycles. The van der Waals surface area contributed by atoms with Crippen molar-refractivity contribution >= 4 is 11.3 Å². The van der Waals surface area contributed by atoms with Crippen LogP contribution >= 0.6 is 11.3 Å². The summed E-state index contributed by atoms with van der Waals surface area (Å²) in [6, 6.07) is 6.21. The number of rotatable bonds is 5. The minimum absolute atomic E-state index is 0.797. The predicted molar refractivity (Wildman–Crippen MR) is 81.4 cm³/mol. The van der Waals surface area contributed by atoms with Gasteiger partial charge in [-0.05, 0) is 35.6 Å². The van der Waals surface area contributed by atoms with Crippen LogP contribution in [0.25, 0.3) is 10.6 Å². The van der Waals surface area contributed by atoms with Gasteiger partial charge in [-0.1, -0.05) is 6.07 Å². The molecule has 3 aromatic rings. The van der Waals surface area contributed by atoms with Gasteiger partial charge in [-0.3, -0.25) is 10.1 Å². The number of H-pyrrole nitrogens is 1. The Morgan fingerprint density at radius 3 is 2.90 bits per heavy atom. The first kappa shape index (κ1) is 13.0. The molecule has 0 aliphatic rings. The van der Waals surface area contributed by atoms with Crippen LogP contribution in [0.4, 0.5) is 0 Å². The number of pyridine rings is 1. The predicted octanol–water partition coefficient (Wildman–Crippen LogP) is 3.13. The van der Waals surface area contributed by atoms with E-state index < -0.39 is 0 Å². The first-order valence-electron chi connectivity index (χ1n) is 6.51. The van der Waals surface area contributed by atoms with Gasteiger partial charge in [0.05, 0.1) is 16.8 Å². The molecule has 0 atom stereocenters. The molecule has 4 nitrogen and oxygen atoms in total. The zero-order chi connectivity index (χ0) is 13.8. The van der Waals surface area contributed by atoms with Gasteiger partial charge in [-0.25, -0.2) is 0 Å². The van der Waals surface area contributed by atoms with E-state index in [1.807, 2.05) is 18.6 Å². The van der Waals surface area contributed by atoms with Crippen LogP contribution < -0.4 is 5.32 Å². The topological polar surface area (TPSA) is 53.6 Å². The van der Waals surface area contributed by atoms with E-state index in [1.165, 1.54) is 21.6 Å². The summed E-state index contributed by atoms with van der Waals surface area (Å²) in [7, 11) is 0. The van der Waals surface area contributed by atoms with E-state index in [9.17, 15) is 0 Å². The lowest BCUT2D eigenvalue weighted by atomic mass is 10.1. The van der Waals surface area contributed by atoms with Gasteiger partial charge < -0.3 is 5.32 Å². The summed E-state index contributed by atoms with van der Waals surface area (Å²) in [6.07, 6.45) is 5.62. The molecule has 3 aromatic heterocycles. The number of aromatic amines is 1. The van der Waals surface area contributed by atoms with Crippen molar-refractivity contribution in [2.75, 3.05) is 0 Å². The Kier molecular flexibility index (Phi) is 3.90.